The summed E-state index contributed by atoms with van der Waals surface area (Å²) in [6, 6.07) is 0. The molecule has 10 heavy (non-hydrogen) atoms. The Morgan fingerprint density at radius 2 is 1.60 bits per heavy atom. The number of thioether (sulfide) groups is 1. The van der Waals surface area contributed by atoms with Crippen molar-refractivity contribution in [2.45, 2.75) is 6.42 Å². The van der Waals surface area contributed by atoms with Crippen molar-refractivity contribution in [3.8, 4) is 0 Å². The molecule has 4 atom stereocenters. The lowest BCUT2D eigenvalue weighted by Gasteiger charge is -2.18. The molecule has 0 aromatic rings. The zero-order chi connectivity index (χ0) is 6.55. The van der Waals surface area contributed by atoms with E-state index in [9.17, 15) is 0 Å². The van der Waals surface area contributed by atoms with Gasteiger partial charge in [0.1, 0.15) is 0 Å². The minimum absolute atomic E-state index is 0.991. The average Bonchev–Trinajstić information content (AvgIpc) is 2.60. The van der Waals surface area contributed by atoms with E-state index in [0.717, 1.165) is 23.7 Å². The molecule has 0 aromatic carbocycles. The van der Waals surface area contributed by atoms with Gasteiger partial charge in [-0.25, -0.2) is 0 Å². The first-order valence-electron chi connectivity index (χ1n) is 4.21. The topological polar surface area (TPSA) is 0 Å². The highest BCUT2D eigenvalue weighted by molar-refractivity contribution is 7.99. The zero-order valence-corrected chi connectivity index (χ0v) is 6.81. The number of rotatable bonds is 0. The SMILES string of the molecule is C1=CC2CC1C1CSCC21. The molecule has 1 saturated heterocycles. The van der Waals surface area contributed by atoms with E-state index < -0.39 is 0 Å². The molecule has 3 rings (SSSR count). The third kappa shape index (κ3) is 0.554. The summed E-state index contributed by atoms with van der Waals surface area (Å²) in [5.41, 5.74) is 0. The second kappa shape index (κ2) is 1.82. The van der Waals surface area contributed by atoms with Crippen molar-refractivity contribution in [1.82, 2.24) is 0 Å². The fraction of sp³-hybridized carbons (Fsp3) is 0.778. The molecule has 0 nitrogen and oxygen atoms in total. The first kappa shape index (κ1) is 5.70. The summed E-state index contributed by atoms with van der Waals surface area (Å²) in [4.78, 5) is 0. The molecule has 1 heterocycles. The van der Waals surface area contributed by atoms with Gasteiger partial charge in [0.25, 0.3) is 0 Å². The Hall–Kier alpha value is 0.0900. The lowest BCUT2D eigenvalue weighted by molar-refractivity contribution is 0.395. The summed E-state index contributed by atoms with van der Waals surface area (Å²) in [6.07, 6.45) is 6.44. The van der Waals surface area contributed by atoms with E-state index in [1.54, 1.807) is 0 Å². The highest BCUT2D eigenvalue weighted by Crippen LogP contribution is 2.53. The molecule has 2 bridgehead atoms. The lowest BCUT2D eigenvalue weighted by atomic mass is 9.86. The third-order valence-electron chi connectivity index (χ3n) is 3.42. The molecule has 1 saturated carbocycles. The van der Waals surface area contributed by atoms with E-state index in [4.69, 9.17) is 0 Å². The standard InChI is InChI=1S/C9H12S/c1-2-7-3-6(1)8-4-10-5-9(7)8/h1-2,6-9H,3-5H2. The van der Waals surface area contributed by atoms with Crippen LogP contribution in [0.5, 0.6) is 0 Å². The zero-order valence-electron chi connectivity index (χ0n) is 5.99. The van der Waals surface area contributed by atoms with E-state index >= 15 is 0 Å². The maximum absolute atomic E-state index is 2.47. The van der Waals surface area contributed by atoms with Gasteiger partial charge in [-0.2, -0.15) is 11.8 Å². The second-order valence-electron chi connectivity index (χ2n) is 3.81. The second-order valence-corrected chi connectivity index (χ2v) is 4.89. The van der Waals surface area contributed by atoms with Gasteiger partial charge in [-0.05, 0) is 41.6 Å². The Bertz CT molecular complexity index is 167. The largest absolute Gasteiger partial charge is 0.161 e. The molecule has 1 heteroatoms. The van der Waals surface area contributed by atoms with Gasteiger partial charge < -0.3 is 0 Å². The first-order valence-corrected chi connectivity index (χ1v) is 5.37. The van der Waals surface area contributed by atoms with Crippen LogP contribution >= 0.6 is 11.8 Å². The van der Waals surface area contributed by atoms with Crippen molar-refractivity contribution in [2.75, 3.05) is 11.5 Å². The Morgan fingerprint density at radius 1 is 1.00 bits per heavy atom. The summed E-state index contributed by atoms with van der Waals surface area (Å²) >= 11 is 2.17. The normalized spacial score (nSPS) is 56.0. The highest BCUT2D eigenvalue weighted by Gasteiger charge is 2.46. The van der Waals surface area contributed by atoms with Gasteiger partial charge >= 0.3 is 0 Å². The van der Waals surface area contributed by atoms with E-state index in [1.165, 1.54) is 17.9 Å². The van der Waals surface area contributed by atoms with E-state index in [0.29, 0.717) is 0 Å². The molecule has 0 aromatic heterocycles. The summed E-state index contributed by atoms with van der Waals surface area (Å²) in [5, 5.41) is 0. The van der Waals surface area contributed by atoms with Crippen LogP contribution in [0.3, 0.4) is 0 Å². The number of hydrogen-bond acceptors (Lipinski definition) is 1. The van der Waals surface area contributed by atoms with Crippen LogP contribution in [0.25, 0.3) is 0 Å². The fourth-order valence-electron chi connectivity index (χ4n) is 2.86. The van der Waals surface area contributed by atoms with Crippen LogP contribution in [0, 0.1) is 23.7 Å². The monoisotopic (exact) mass is 152 g/mol. The maximum atomic E-state index is 2.47. The number of fused-ring (bicyclic) bond motifs is 5. The van der Waals surface area contributed by atoms with Gasteiger partial charge in [-0.1, -0.05) is 12.2 Å². The van der Waals surface area contributed by atoms with Crippen LogP contribution in [-0.2, 0) is 0 Å². The van der Waals surface area contributed by atoms with E-state index in [2.05, 4.69) is 23.9 Å². The van der Waals surface area contributed by atoms with Crippen LogP contribution in [0.4, 0.5) is 0 Å². The molecule has 4 unspecified atom stereocenters. The van der Waals surface area contributed by atoms with Gasteiger partial charge in [0.05, 0.1) is 0 Å². The van der Waals surface area contributed by atoms with Gasteiger partial charge in [0.2, 0.25) is 0 Å². The Balaban J connectivity index is 1.99. The molecule has 0 N–H and O–H groups in total. The van der Waals surface area contributed by atoms with Crippen LogP contribution in [-0.4, -0.2) is 11.5 Å². The quantitative estimate of drug-likeness (QED) is 0.479. The van der Waals surface area contributed by atoms with Crippen molar-refractivity contribution in [3.05, 3.63) is 12.2 Å². The molecule has 0 spiro atoms. The summed E-state index contributed by atoms with van der Waals surface area (Å²) in [6.45, 7) is 0. The summed E-state index contributed by atoms with van der Waals surface area (Å²) in [5.74, 6) is 7.06. The summed E-state index contributed by atoms with van der Waals surface area (Å²) in [7, 11) is 0. The summed E-state index contributed by atoms with van der Waals surface area (Å²) < 4.78 is 0. The smallest absolute Gasteiger partial charge is 0.00302 e. The van der Waals surface area contributed by atoms with Crippen molar-refractivity contribution >= 4 is 11.8 Å². The Labute approximate surface area is 66.1 Å². The van der Waals surface area contributed by atoms with E-state index in [-0.39, 0.29) is 0 Å². The molecule has 1 aliphatic heterocycles. The number of hydrogen-bond donors (Lipinski definition) is 0. The fourth-order valence-corrected chi connectivity index (χ4v) is 4.53. The van der Waals surface area contributed by atoms with Crippen molar-refractivity contribution < 1.29 is 0 Å². The average molecular weight is 152 g/mol. The maximum Gasteiger partial charge on any atom is -0.00302 e. The predicted octanol–water partition coefficient (Wildman–Crippen LogP) is 2.17. The molecule has 54 valence electrons. The van der Waals surface area contributed by atoms with E-state index in [1.807, 2.05) is 0 Å². The van der Waals surface area contributed by atoms with Gasteiger partial charge in [-0.15, -0.1) is 0 Å². The molecular weight excluding hydrogens is 140 g/mol. The van der Waals surface area contributed by atoms with Gasteiger partial charge in [0, 0.05) is 0 Å². The van der Waals surface area contributed by atoms with Crippen LogP contribution in [0.15, 0.2) is 12.2 Å². The van der Waals surface area contributed by atoms with Gasteiger partial charge in [0.15, 0.2) is 0 Å². The molecule has 2 aliphatic carbocycles. The third-order valence-corrected chi connectivity index (χ3v) is 4.66. The number of allylic oxidation sites excluding steroid dienone is 2. The van der Waals surface area contributed by atoms with Crippen molar-refractivity contribution in [3.63, 3.8) is 0 Å². The predicted molar refractivity (Wildman–Crippen MR) is 45.0 cm³/mol. The molecular formula is C9H12S. The Morgan fingerprint density at radius 3 is 2.20 bits per heavy atom. The molecule has 3 aliphatic rings. The Kier molecular flexibility index (Phi) is 1.04. The molecule has 0 amide bonds. The first-order chi connectivity index (χ1) is 4.95. The van der Waals surface area contributed by atoms with Crippen LogP contribution < -0.4 is 0 Å². The van der Waals surface area contributed by atoms with Crippen molar-refractivity contribution in [1.29, 1.82) is 0 Å². The highest BCUT2D eigenvalue weighted by atomic mass is 32.2. The van der Waals surface area contributed by atoms with Crippen molar-refractivity contribution in [2.24, 2.45) is 23.7 Å². The lowest BCUT2D eigenvalue weighted by Crippen LogP contribution is -2.16. The van der Waals surface area contributed by atoms with Crippen LogP contribution in [0.1, 0.15) is 6.42 Å². The van der Waals surface area contributed by atoms with Crippen LogP contribution in [0.2, 0.25) is 0 Å². The minimum Gasteiger partial charge on any atom is -0.161 e. The molecule has 2 fully saturated rings. The van der Waals surface area contributed by atoms with Gasteiger partial charge in [-0.3, -0.25) is 0 Å². The minimum atomic E-state index is 0.991. The molecule has 0 radical (unpaired) electrons.